The number of rotatable bonds is 4. The molecule has 0 saturated heterocycles. The number of hydrogen-bond donors (Lipinski definition) is 0. The van der Waals surface area contributed by atoms with Crippen molar-refractivity contribution in [1.29, 1.82) is 0 Å². The van der Waals surface area contributed by atoms with Crippen molar-refractivity contribution in [3.05, 3.63) is 0 Å². The Balaban J connectivity index is 3.80. The maximum absolute atomic E-state index is 3.99. The van der Waals surface area contributed by atoms with Crippen LogP contribution in [0.25, 0.3) is 0 Å². The minimum absolute atomic E-state index is 0.898. The van der Waals surface area contributed by atoms with Crippen molar-refractivity contribution in [2.45, 2.75) is 41.0 Å². The molecule has 0 aliphatic rings. The molecule has 10 heavy (non-hydrogen) atoms. The van der Waals surface area contributed by atoms with Crippen LogP contribution >= 0.6 is 12.7 Å². The summed E-state index contributed by atoms with van der Waals surface area (Å²) in [7, 11) is 0. The van der Waals surface area contributed by atoms with Crippen molar-refractivity contribution in [3.63, 3.8) is 0 Å². The van der Waals surface area contributed by atoms with Crippen LogP contribution in [0.4, 0.5) is 0 Å². The summed E-state index contributed by atoms with van der Waals surface area (Å²) in [5, 5.41) is 0. The van der Waals surface area contributed by atoms with Crippen molar-refractivity contribution in [2.24, 2.45) is 5.92 Å². The summed E-state index contributed by atoms with van der Waals surface area (Å²) in [5.41, 5.74) is 0. The van der Waals surface area contributed by atoms with E-state index < -0.39 is 16.2 Å². The molecule has 0 aromatic carbocycles. The molecule has 0 radical (unpaired) electrons. The van der Waals surface area contributed by atoms with E-state index in [2.05, 4.69) is 40.4 Å². The van der Waals surface area contributed by atoms with Gasteiger partial charge in [0.2, 0.25) is 0 Å². The molecule has 0 nitrogen and oxygen atoms in total. The molecule has 2 heteroatoms. The molecule has 0 rings (SSSR count). The standard InChI is InChI=1S/C4H9.2C2H5.BrH.Sn/c1-4(2)3;2*1-2;;/h4H,1H2,2-3H3;2*1H2,2H3;1H;/q;;;;+1/p-1. The van der Waals surface area contributed by atoms with E-state index in [0.29, 0.717) is 0 Å². The monoisotopic (exact) mass is 314 g/mol. The van der Waals surface area contributed by atoms with Crippen LogP contribution in [0.3, 0.4) is 0 Å². The first-order valence-corrected chi connectivity index (χ1v) is 16.7. The van der Waals surface area contributed by atoms with Gasteiger partial charge in [-0.2, -0.15) is 0 Å². The van der Waals surface area contributed by atoms with Gasteiger partial charge in [-0.3, -0.25) is 0 Å². The van der Waals surface area contributed by atoms with E-state index in [0.717, 1.165) is 5.92 Å². The average Bonchev–Trinajstić information content (AvgIpc) is 1.87. The zero-order valence-electron chi connectivity index (χ0n) is 7.58. The van der Waals surface area contributed by atoms with E-state index in [1.165, 1.54) is 13.3 Å². The Labute approximate surface area is 75.4 Å². The number of halogens is 1. The van der Waals surface area contributed by atoms with Crippen LogP contribution in [0.15, 0.2) is 0 Å². The van der Waals surface area contributed by atoms with E-state index in [1.54, 1.807) is 0 Å². The molecular formula is C8H19BrSn. The van der Waals surface area contributed by atoms with Crippen molar-refractivity contribution in [1.82, 2.24) is 0 Å². The molecule has 0 fully saturated rings. The van der Waals surface area contributed by atoms with E-state index in [9.17, 15) is 0 Å². The second kappa shape index (κ2) is 5.02. The Hall–Kier alpha value is 1.28. The van der Waals surface area contributed by atoms with Gasteiger partial charge in [0.25, 0.3) is 0 Å². The van der Waals surface area contributed by atoms with Crippen molar-refractivity contribution < 1.29 is 0 Å². The maximum atomic E-state index is 3.99. The molecule has 0 aliphatic carbocycles. The molecular weight excluding hydrogens is 295 g/mol. The normalized spacial score (nSPS) is 12.6. The Morgan fingerprint density at radius 2 is 1.60 bits per heavy atom. The molecule has 0 bridgehead atoms. The van der Waals surface area contributed by atoms with Gasteiger partial charge in [0, 0.05) is 0 Å². The fourth-order valence-electron chi connectivity index (χ4n) is 1.27. The van der Waals surface area contributed by atoms with Gasteiger partial charge in [0.1, 0.15) is 0 Å². The summed E-state index contributed by atoms with van der Waals surface area (Å²) in [5.74, 6) is 0.898. The molecule has 62 valence electrons. The third kappa shape index (κ3) is 4.22. The SMILES string of the molecule is C[CH2][Sn]([Br])([CH2]C)[CH2]C(C)C. The fraction of sp³-hybridized carbons (Fsp3) is 1.00. The molecule has 0 atom stereocenters. The summed E-state index contributed by atoms with van der Waals surface area (Å²) in [6, 6.07) is 0. The molecule has 0 aromatic rings. The Morgan fingerprint density at radius 1 is 1.20 bits per heavy atom. The van der Waals surface area contributed by atoms with E-state index in [-0.39, 0.29) is 0 Å². The Kier molecular flexibility index (Phi) is 5.66. The van der Waals surface area contributed by atoms with Crippen molar-refractivity contribution in [2.75, 3.05) is 0 Å². The molecule has 0 heterocycles. The number of hydrogen-bond acceptors (Lipinski definition) is 0. The first kappa shape index (κ1) is 11.3. The van der Waals surface area contributed by atoms with Gasteiger partial charge in [0.05, 0.1) is 0 Å². The quantitative estimate of drug-likeness (QED) is 0.688. The summed E-state index contributed by atoms with van der Waals surface area (Å²) < 4.78 is 4.40. The third-order valence-electron chi connectivity index (χ3n) is 2.04. The predicted octanol–water partition coefficient (Wildman–Crippen LogP) is 4.02. The molecule has 0 aromatic heterocycles. The van der Waals surface area contributed by atoms with Gasteiger partial charge in [-0.15, -0.1) is 0 Å². The van der Waals surface area contributed by atoms with Crippen LogP contribution in [0.1, 0.15) is 27.7 Å². The van der Waals surface area contributed by atoms with Gasteiger partial charge in [-0.1, -0.05) is 0 Å². The van der Waals surface area contributed by atoms with Crippen LogP contribution in [-0.4, -0.2) is 16.2 Å². The molecule has 0 N–H and O–H groups in total. The van der Waals surface area contributed by atoms with Gasteiger partial charge in [-0.25, -0.2) is 0 Å². The molecule has 0 saturated carbocycles. The van der Waals surface area contributed by atoms with Crippen LogP contribution in [-0.2, 0) is 0 Å². The molecule has 0 amide bonds. The average molecular weight is 314 g/mol. The zero-order chi connectivity index (χ0) is 8.20. The van der Waals surface area contributed by atoms with E-state index >= 15 is 0 Å². The van der Waals surface area contributed by atoms with Crippen molar-refractivity contribution >= 4 is 28.9 Å². The summed E-state index contributed by atoms with van der Waals surface area (Å²) in [6.07, 6.45) is 0. The minimum atomic E-state index is -1.65. The fourth-order valence-corrected chi connectivity index (χ4v) is 12.9. The molecule has 0 unspecified atom stereocenters. The van der Waals surface area contributed by atoms with Crippen molar-refractivity contribution in [3.8, 4) is 0 Å². The summed E-state index contributed by atoms with van der Waals surface area (Å²) in [4.78, 5) is 0. The first-order chi connectivity index (χ1) is 4.54. The summed E-state index contributed by atoms with van der Waals surface area (Å²) >= 11 is 2.35. The molecule has 0 aliphatic heterocycles. The first-order valence-electron chi connectivity index (χ1n) is 4.23. The second-order valence-electron chi connectivity index (χ2n) is 3.46. The van der Waals surface area contributed by atoms with Crippen LogP contribution in [0.5, 0.6) is 0 Å². The van der Waals surface area contributed by atoms with Gasteiger partial charge in [0.15, 0.2) is 0 Å². The summed E-state index contributed by atoms with van der Waals surface area (Å²) in [6.45, 7) is 9.35. The molecule has 0 spiro atoms. The van der Waals surface area contributed by atoms with Gasteiger partial charge >= 0.3 is 75.8 Å². The van der Waals surface area contributed by atoms with Gasteiger partial charge < -0.3 is 0 Å². The Morgan fingerprint density at radius 3 is 1.70 bits per heavy atom. The second-order valence-corrected chi connectivity index (χ2v) is 26.5. The van der Waals surface area contributed by atoms with Crippen LogP contribution in [0.2, 0.25) is 13.3 Å². The van der Waals surface area contributed by atoms with E-state index in [4.69, 9.17) is 0 Å². The van der Waals surface area contributed by atoms with Crippen LogP contribution in [0, 0.1) is 5.92 Å². The topological polar surface area (TPSA) is 0 Å². The Bertz CT molecular complexity index is 87.3. The van der Waals surface area contributed by atoms with Crippen LogP contribution < -0.4 is 0 Å². The zero-order valence-corrected chi connectivity index (χ0v) is 12.0. The van der Waals surface area contributed by atoms with Gasteiger partial charge in [-0.05, 0) is 0 Å². The third-order valence-corrected chi connectivity index (χ3v) is 23.4. The van der Waals surface area contributed by atoms with E-state index in [1.807, 2.05) is 0 Å². The predicted molar refractivity (Wildman–Crippen MR) is 55.3 cm³/mol.